The second kappa shape index (κ2) is 12.0. The molecular weight excluding hydrogens is 492 g/mol. The van der Waals surface area contributed by atoms with Crippen LogP contribution in [0.2, 0.25) is 0 Å². The number of hydrogen-bond acceptors (Lipinski definition) is 6. The Balaban J connectivity index is 1.59. The topological polar surface area (TPSA) is 71.1 Å². The molecule has 0 aliphatic rings. The molecule has 0 unspecified atom stereocenters. The maximum Gasteiger partial charge on any atom is 0.343 e. The van der Waals surface area contributed by atoms with Crippen LogP contribution in [0.1, 0.15) is 59.7 Å². The van der Waals surface area contributed by atoms with Crippen LogP contribution in [0.25, 0.3) is 0 Å². The first kappa shape index (κ1) is 27.6. The van der Waals surface area contributed by atoms with E-state index in [1.54, 1.807) is 36.4 Å². The zero-order valence-electron chi connectivity index (χ0n) is 23.1. The first-order valence-electron chi connectivity index (χ1n) is 12.7. The van der Waals surface area contributed by atoms with Crippen LogP contribution >= 0.6 is 0 Å². The normalized spacial score (nSPS) is 10.7. The lowest BCUT2D eigenvalue weighted by Crippen LogP contribution is -2.14. The number of ether oxygens (including phenoxy) is 2. The molecule has 0 amide bonds. The number of aryl methyl sites for hydroxylation is 6. The van der Waals surface area contributed by atoms with Crippen LogP contribution in [0, 0.1) is 41.5 Å². The highest BCUT2D eigenvalue weighted by Gasteiger charge is 2.18. The summed E-state index contributed by atoms with van der Waals surface area (Å²) < 4.78 is 11.3. The molecule has 0 atom stereocenters. The Labute approximate surface area is 229 Å². The molecule has 6 heteroatoms. The van der Waals surface area contributed by atoms with Crippen LogP contribution in [0.5, 0.6) is 17.2 Å². The molecule has 0 radical (unpaired) electrons. The molecule has 0 saturated carbocycles. The van der Waals surface area contributed by atoms with Crippen molar-refractivity contribution < 1.29 is 28.8 Å². The number of carbonyl (C=O) groups is 2. The molecule has 0 heterocycles. The molecule has 0 saturated heterocycles. The molecule has 0 bridgehead atoms. The smallest absolute Gasteiger partial charge is 0.343 e. The lowest BCUT2D eigenvalue weighted by molar-refractivity contribution is -0.217. The van der Waals surface area contributed by atoms with E-state index in [1.807, 2.05) is 71.9 Å². The molecule has 0 aromatic heterocycles. The van der Waals surface area contributed by atoms with Crippen molar-refractivity contribution >= 4 is 11.9 Å². The van der Waals surface area contributed by atoms with E-state index >= 15 is 0 Å². The first-order valence-corrected chi connectivity index (χ1v) is 12.7. The van der Waals surface area contributed by atoms with Crippen LogP contribution in [0.3, 0.4) is 0 Å². The fraction of sp³-hybridized carbons (Fsp3) is 0.212. The standard InChI is InChI=1S/C33H32O6/c1-20-7-21(2)11-29(10-20)37-32(34)27-16-26(19-36-39-31-14-24(5)9-25(6)15-31)17-28(18-27)33(35)38-30-12-22(3)8-23(4)13-30/h7-18H,19H2,1-6H3. The summed E-state index contributed by atoms with van der Waals surface area (Å²) in [5.41, 5.74) is 6.90. The summed E-state index contributed by atoms with van der Waals surface area (Å²) in [6.07, 6.45) is 0. The molecule has 4 rings (SSSR count). The molecule has 39 heavy (non-hydrogen) atoms. The van der Waals surface area contributed by atoms with Crippen molar-refractivity contribution in [1.82, 2.24) is 0 Å². The average molecular weight is 525 g/mol. The molecule has 0 fully saturated rings. The molecule has 0 spiro atoms. The summed E-state index contributed by atoms with van der Waals surface area (Å²) in [5, 5.41) is 0. The van der Waals surface area contributed by atoms with Gasteiger partial charge < -0.3 is 14.4 Å². The van der Waals surface area contributed by atoms with Gasteiger partial charge in [-0.1, -0.05) is 18.2 Å². The Morgan fingerprint density at radius 2 is 0.846 bits per heavy atom. The van der Waals surface area contributed by atoms with E-state index in [0.717, 1.165) is 33.4 Å². The molecule has 200 valence electrons. The van der Waals surface area contributed by atoms with E-state index in [4.69, 9.17) is 19.2 Å². The summed E-state index contributed by atoms with van der Waals surface area (Å²) in [7, 11) is 0. The predicted molar refractivity (Wildman–Crippen MR) is 150 cm³/mol. The van der Waals surface area contributed by atoms with E-state index in [2.05, 4.69) is 0 Å². The van der Waals surface area contributed by atoms with Gasteiger partial charge in [-0.3, -0.25) is 0 Å². The number of esters is 2. The van der Waals surface area contributed by atoms with Crippen molar-refractivity contribution in [2.24, 2.45) is 0 Å². The van der Waals surface area contributed by atoms with Gasteiger partial charge in [0.05, 0.1) is 11.1 Å². The molecule has 0 aliphatic heterocycles. The third kappa shape index (κ3) is 7.79. The van der Waals surface area contributed by atoms with Gasteiger partial charge in [-0.05, 0) is 135 Å². The third-order valence-electron chi connectivity index (χ3n) is 5.85. The number of hydrogen-bond donors (Lipinski definition) is 0. The van der Waals surface area contributed by atoms with E-state index in [9.17, 15) is 9.59 Å². The summed E-state index contributed by atoms with van der Waals surface area (Å²) in [6, 6.07) is 21.6. The second-order valence-corrected chi connectivity index (χ2v) is 10.0. The summed E-state index contributed by atoms with van der Waals surface area (Å²) in [4.78, 5) is 37.2. The van der Waals surface area contributed by atoms with Crippen LogP contribution in [0.15, 0.2) is 72.8 Å². The van der Waals surface area contributed by atoms with E-state index < -0.39 is 11.9 Å². The minimum Gasteiger partial charge on any atom is -0.423 e. The van der Waals surface area contributed by atoms with Crippen molar-refractivity contribution in [3.63, 3.8) is 0 Å². The van der Waals surface area contributed by atoms with Gasteiger partial charge in [0.1, 0.15) is 18.1 Å². The van der Waals surface area contributed by atoms with Gasteiger partial charge in [0.15, 0.2) is 5.75 Å². The number of carbonyl (C=O) groups excluding carboxylic acids is 2. The number of rotatable bonds is 8. The van der Waals surface area contributed by atoms with Gasteiger partial charge in [0.2, 0.25) is 0 Å². The van der Waals surface area contributed by atoms with Crippen LogP contribution in [0.4, 0.5) is 0 Å². The predicted octanol–water partition coefficient (Wildman–Crippen LogP) is 7.49. The van der Waals surface area contributed by atoms with Gasteiger partial charge >= 0.3 is 11.9 Å². The second-order valence-electron chi connectivity index (χ2n) is 10.0. The maximum atomic E-state index is 13.1. The highest BCUT2D eigenvalue weighted by Crippen LogP contribution is 2.22. The quantitative estimate of drug-likeness (QED) is 0.103. The Morgan fingerprint density at radius 3 is 1.23 bits per heavy atom. The Kier molecular flexibility index (Phi) is 8.47. The number of benzene rings is 4. The Hall–Kier alpha value is -4.42. The third-order valence-corrected chi connectivity index (χ3v) is 5.85. The van der Waals surface area contributed by atoms with Crippen molar-refractivity contribution in [3.8, 4) is 17.2 Å². The molecule has 4 aromatic carbocycles. The summed E-state index contributed by atoms with van der Waals surface area (Å²) in [6.45, 7) is 11.6. The minimum absolute atomic E-state index is 0.0124. The van der Waals surface area contributed by atoms with Gasteiger partial charge in [-0.15, -0.1) is 0 Å². The van der Waals surface area contributed by atoms with E-state index in [1.165, 1.54) is 6.07 Å². The molecule has 4 aromatic rings. The highest BCUT2D eigenvalue weighted by molar-refractivity contribution is 5.97. The summed E-state index contributed by atoms with van der Waals surface area (Å²) in [5.74, 6) is 0.218. The fourth-order valence-electron chi connectivity index (χ4n) is 4.47. The monoisotopic (exact) mass is 524 g/mol. The van der Waals surface area contributed by atoms with Gasteiger partial charge in [0.25, 0.3) is 0 Å². The SMILES string of the molecule is Cc1cc(C)cc(OOCc2cc(C(=O)Oc3cc(C)cc(C)c3)cc(C(=O)Oc3cc(C)cc(C)c3)c2)c1. The first-order chi connectivity index (χ1) is 18.5. The molecule has 0 aliphatic carbocycles. The van der Waals surface area contributed by atoms with Gasteiger partial charge in [-0.2, -0.15) is 4.89 Å². The summed E-state index contributed by atoms with van der Waals surface area (Å²) >= 11 is 0. The van der Waals surface area contributed by atoms with E-state index in [0.29, 0.717) is 22.8 Å². The van der Waals surface area contributed by atoms with Gasteiger partial charge in [0, 0.05) is 0 Å². The highest BCUT2D eigenvalue weighted by atomic mass is 17.2. The Morgan fingerprint density at radius 1 is 0.487 bits per heavy atom. The largest absolute Gasteiger partial charge is 0.423 e. The van der Waals surface area contributed by atoms with Crippen LogP contribution in [-0.4, -0.2) is 11.9 Å². The van der Waals surface area contributed by atoms with Gasteiger partial charge in [-0.25, -0.2) is 9.59 Å². The Bertz CT molecular complexity index is 1390. The molecule has 6 nitrogen and oxygen atoms in total. The van der Waals surface area contributed by atoms with Crippen molar-refractivity contribution in [3.05, 3.63) is 123 Å². The lowest BCUT2D eigenvalue weighted by atomic mass is 10.1. The lowest BCUT2D eigenvalue weighted by Gasteiger charge is -2.12. The molecule has 0 N–H and O–H groups in total. The fourth-order valence-corrected chi connectivity index (χ4v) is 4.47. The van der Waals surface area contributed by atoms with E-state index in [-0.39, 0.29) is 17.7 Å². The van der Waals surface area contributed by atoms with Crippen LogP contribution < -0.4 is 14.4 Å². The van der Waals surface area contributed by atoms with Crippen molar-refractivity contribution in [2.45, 2.75) is 48.1 Å². The zero-order chi connectivity index (χ0) is 28.1. The minimum atomic E-state index is -0.600. The van der Waals surface area contributed by atoms with Crippen molar-refractivity contribution in [1.29, 1.82) is 0 Å². The molecular formula is C33H32O6. The zero-order valence-corrected chi connectivity index (χ0v) is 23.1. The van der Waals surface area contributed by atoms with Crippen LogP contribution in [-0.2, 0) is 11.5 Å². The van der Waals surface area contributed by atoms with Crippen molar-refractivity contribution in [2.75, 3.05) is 0 Å². The average Bonchev–Trinajstić information content (AvgIpc) is 2.82. The maximum absolute atomic E-state index is 13.1.